The number of carbonyl (C=O) groups is 1. The SMILES string of the molecule is O=C(Nc1cccc(OCC2CCCO2)c1)c1cc(F)c(F)cc1Cl. The fourth-order valence-electron chi connectivity index (χ4n) is 2.52. The molecule has 0 bridgehead atoms. The first-order valence-corrected chi connectivity index (χ1v) is 8.21. The van der Waals surface area contributed by atoms with E-state index in [4.69, 9.17) is 21.1 Å². The van der Waals surface area contributed by atoms with Gasteiger partial charge in [-0.2, -0.15) is 0 Å². The van der Waals surface area contributed by atoms with Crippen molar-refractivity contribution in [2.24, 2.45) is 0 Å². The highest BCUT2D eigenvalue weighted by Crippen LogP contribution is 2.23. The standard InChI is InChI=1S/C18H16ClF2NO3/c19-15-9-17(21)16(20)8-14(15)18(23)22-11-3-1-4-12(7-11)25-10-13-5-2-6-24-13/h1,3-4,7-9,13H,2,5-6,10H2,(H,22,23). The summed E-state index contributed by atoms with van der Waals surface area (Å²) in [4.78, 5) is 12.2. The fourth-order valence-corrected chi connectivity index (χ4v) is 2.76. The second kappa shape index (κ2) is 7.80. The number of benzene rings is 2. The fraction of sp³-hybridized carbons (Fsp3) is 0.278. The van der Waals surface area contributed by atoms with Crippen LogP contribution in [0.2, 0.25) is 5.02 Å². The molecule has 1 heterocycles. The first-order valence-electron chi connectivity index (χ1n) is 7.83. The van der Waals surface area contributed by atoms with Crippen molar-refractivity contribution in [2.45, 2.75) is 18.9 Å². The molecule has 1 amide bonds. The molecule has 3 rings (SSSR count). The summed E-state index contributed by atoms with van der Waals surface area (Å²) in [5.74, 6) is -2.31. The number of halogens is 3. The number of amides is 1. The number of anilines is 1. The number of rotatable bonds is 5. The molecule has 1 fully saturated rings. The summed E-state index contributed by atoms with van der Waals surface area (Å²) < 4.78 is 37.6. The van der Waals surface area contributed by atoms with E-state index in [-0.39, 0.29) is 16.7 Å². The second-order valence-corrected chi connectivity index (χ2v) is 6.08. The van der Waals surface area contributed by atoms with Crippen LogP contribution in [-0.4, -0.2) is 25.2 Å². The van der Waals surface area contributed by atoms with Crippen molar-refractivity contribution in [3.63, 3.8) is 0 Å². The van der Waals surface area contributed by atoms with Gasteiger partial charge in [-0.25, -0.2) is 8.78 Å². The van der Waals surface area contributed by atoms with E-state index < -0.39 is 17.5 Å². The minimum Gasteiger partial charge on any atom is -0.491 e. The largest absolute Gasteiger partial charge is 0.491 e. The van der Waals surface area contributed by atoms with Gasteiger partial charge < -0.3 is 14.8 Å². The molecule has 1 N–H and O–H groups in total. The zero-order chi connectivity index (χ0) is 17.8. The Bertz CT molecular complexity index is 779. The van der Waals surface area contributed by atoms with Crippen LogP contribution in [0.1, 0.15) is 23.2 Å². The molecule has 25 heavy (non-hydrogen) atoms. The van der Waals surface area contributed by atoms with E-state index in [0.29, 0.717) is 18.0 Å². The monoisotopic (exact) mass is 367 g/mol. The van der Waals surface area contributed by atoms with Gasteiger partial charge in [-0.1, -0.05) is 17.7 Å². The Morgan fingerprint density at radius 3 is 2.84 bits per heavy atom. The van der Waals surface area contributed by atoms with E-state index in [0.717, 1.165) is 31.6 Å². The topological polar surface area (TPSA) is 47.6 Å². The van der Waals surface area contributed by atoms with Gasteiger partial charge in [0.15, 0.2) is 11.6 Å². The van der Waals surface area contributed by atoms with Gasteiger partial charge in [-0.05, 0) is 37.1 Å². The molecule has 1 saturated heterocycles. The normalized spacial score (nSPS) is 16.7. The van der Waals surface area contributed by atoms with E-state index in [9.17, 15) is 13.6 Å². The molecule has 0 aromatic heterocycles. The maximum absolute atomic E-state index is 13.3. The maximum Gasteiger partial charge on any atom is 0.257 e. The van der Waals surface area contributed by atoms with E-state index >= 15 is 0 Å². The van der Waals surface area contributed by atoms with Crippen LogP contribution in [0.3, 0.4) is 0 Å². The van der Waals surface area contributed by atoms with Crippen molar-refractivity contribution < 1.29 is 23.0 Å². The molecule has 4 nitrogen and oxygen atoms in total. The Hall–Kier alpha value is -2.18. The molecule has 0 spiro atoms. The highest BCUT2D eigenvalue weighted by molar-refractivity contribution is 6.34. The number of hydrogen-bond acceptors (Lipinski definition) is 3. The van der Waals surface area contributed by atoms with Gasteiger partial charge in [-0.3, -0.25) is 4.79 Å². The third-order valence-electron chi connectivity index (χ3n) is 3.81. The third kappa shape index (κ3) is 4.46. The van der Waals surface area contributed by atoms with Gasteiger partial charge in [-0.15, -0.1) is 0 Å². The average Bonchev–Trinajstić information content (AvgIpc) is 3.10. The lowest BCUT2D eigenvalue weighted by Gasteiger charge is -2.13. The van der Waals surface area contributed by atoms with Crippen LogP contribution >= 0.6 is 11.6 Å². The first kappa shape index (κ1) is 17.6. The highest BCUT2D eigenvalue weighted by Gasteiger charge is 2.17. The van der Waals surface area contributed by atoms with Crippen molar-refractivity contribution in [3.05, 3.63) is 58.6 Å². The van der Waals surface area contributed by atoms with E-state index in [1.807, 2.05) is 0 Å². The van der Waals surface area contributed by atoms with Gasteiger partial charge in [0.05, 0.1) is 16.7 Å². The summed E-state index contributed by atoms with van der Waals surface area (Å²) in [5, 5.41) is 2.43. The van der Waals surface area contributed by atoms with Crippen LogP contribution in [0.25, 0.3) is 0 Å². The predicted octanol–water partition coefficient (Wildman–Crippen LogP) is 4.43. The Morgan fingerprint density at radius 1 is 1.28 bits per heavy atom. The van der Waals surface area contributed by atoms with Crippen LogP contribution in [-0.2, 0) is 4.74 Å². The zero-order valence-electron chi connectivity index (χ0n) is 13.2. The van der Waals surface area contributed by atoms with Gasteiger partial charge in [0.25, 0.3) is 5.91 Å². The van der Waals surface area contributed by atoms with Crippen molar-refractivity contribution in [2.75, 3.05) is 18.5 Å². The Balaban J connectivity index is 1.67. The maximum atomic E-state index is 13.3. The number of carbonyl (C=O) groups excluding carboxylic acids is 1. The Labute approximate surface area is 148 Å². The van der Waals surface area contributed by atoms with E-state index in [2.05, 4.69) is 5.32 Å². The highest BCUT2D eigenvalue weighted by atomic mass is 35.5. The molecule has 7 heteroatoms. The van der Waals surface area contributed by atoms with Crippen molar-refractivity contribution >= 4 is 23.2 Å². The van der Waals surface area contributed by atoms with Gasteiger partial charge in [0, 0.05) is 18.4 Å². The van der Waals surface area contributed by atoms with Crippen LogP contribution in [0, 0.1) is 11.6 Å². The number of hydrogen-bond donors (Lipinski definition) is 1. The van der Waals surface area contributed by atoms with Gasteiger partial charge in [0.2, 0.25) is 0 Å². The lowest BCUT2D eigenvalue weighted by Crippen LogP contribution is -2.16. The summed E-state index contributed by atoms with van der Waals surface area (Å²) in [5.41, 5.74) is 0.307. The average molecular weight is 368 g/mol. The number of ether oxygens (including phenoxy) is 2. The van der Waals surface area contributed by atoms with Gasteiger partial charge in [0.1, 0.15) is 12.4 Å². The van der Waals surface area contributed by atoms with E-state index in [1.165, 1.54) is 0 Å². The minimum atomic E-state index is -1.14. The molecule has 0 radical (unpaired) electrons. The minimum absolute atomic E-state index is 0.0826. The number of nitrogens with one attached hydrogen (secondary N) is 1. The molecule has 1 atom stereocenters. The summed E-state index contributed by atoms with van der Waals surface area (Å²) in [7, 11) is 0. The lowest BCUT2D eigenvalue weighted by molar-refractivity contribution is 0.0680. The summed E-state index contributed by atoms with van der Waals surface area (Å²) >= 11 is 5.81. The van der Waals surface area contributed by atoms with Crippen molar-refractivity contribution in [3.8, 4) is 5.75 Å². The quantitative estimate of drug-likeness (QED) is 0.795. The molecule has 132 valence electrons. The molecule has 1 aliphatic rings. The Morgan fingerprint density at radius 2 is 2.08 bits per heavy atom. The van der Waals surface area contributed by atoms with Crippen molar-refractivity contribution in [1.29, 1.82) is 0 Å². The first-order chi connectivity index (χ1) is 12.0. The molecule has 0 aliphatic carbocycles. The van der Waals surface area contributed by atoms with Crippen LogP contribution in [0.15, 0.2) is 36.4 Å². The molecule has 1 unspecified atom stereocenters. The smallest absolute Gasteiger partial charge is 0.257 e. The van der Waals surface area contributed by atoms with Crippen LogP contribution in [0.5, 0.6) is 5.75 Å². The molecule has 2 aromatic rings. The van der Waals surface area contributed by atoms with E-state index in [1.54, 1.807) is 24.3 Å². The predicted molar refractivity (Wildman–Crippen MR) is 90.2 cm³/mol. The summed E-state index contributed by atoms with van der Waals surface area (Å²) in [6, 6.07) is 8.31. The molecular weight excluding hydrogens is 352 g/mol. The van der Waals surface area contributed by atoms with Crippen LogP contribution in [0.4, 0.5) is 14.5 Å². The Kier molecular flexibility index (Phi) is 5.50. The van der Waals surface area contributed by atoms with Crippen molar-refractivity contribution in [1.82, 2.24) is 0 Å². The summed E-state index contributed by atoms with van der Waals surface area (Å²) in [6.07, 6.45) is 2.07. The molecule has 0 saturated carbocycles. The molecular formula is C18H16ClF2NO3. The zero-order valence-corrected chi connectivity index (χ0v) is 14.0. The summed E-state index contributed by atoms with van der Waals surface area (Å²) in [6.45, 7) is 1.19. The molecule has 1 aliphatic heterocycles. The third-order valence-corrected chi connectivity index (χ3v) is 4.12. The second-order valence-electron chi connectivity index (χ2n) is 5.67. The van der Waals surface area contributed by atoms with Crippen LogP contribution < -0.4 is 10.1 Å². The molecule has 2 aromatic carbocycles. The van der Waals surface area contributed by atoms with Gasteiger partial charge >= 0.3 is 0 Å². The lowest BCUT2D eigenvalue weighted by atomic mass is 10.2.